The third-order valence-electron chi connectivity index (χ3n) is 5.30. The normalized spacial score (nSPS) is 16.8. The molecule has 2 aliphatic heterocycles. The van der Waals surface area contributed by atoms with E-state index in [1.54, 1.807) is 4.90 Å². The highest BCUT2D eigenvalue weighted by atomic mass is 16.3. The number of aryl methyl sites for hydroxylation is 2. The number of rotatable bonds is 4. The van der Waals surface area contributed by atoms with E-state index in [2.05, 4.69) is 10.1 Å². The quantitative estimate of drug-likeness (QED) is 0.820. The Hall–Kier alpha value is -2.64. The van der Waals surface area contributed by atoms with Crippen molar-refractivity contribution in [2.24, 2.45) is 7.05 Å². The Morgan fingerprint density at radius 1 is 1.19 bits per heavy atom. The molecule has 0 aliphatic carbocycles. The molecule has 0 spiro atoms. The van der Waals surface area contributed by atoms with Crippen LogP contribution in [0.25, 0.3) is 0 Å². The molecule has 8 heteroatoms. The van der Waals surface area contributed by atoms with Gasteiger partial charge in [-0.1, -0.05) is 0 Å². The molecule has 4 heterocycles. The zero-order valence-electron chi connectivity index (χ0n) is 15.0. The van der Waals surface area contributed by atoms with Crippen molar-refractivity contribution in [2.45, 2.75) is 38.6 Å². The molecule has 0 unspecified atom stereocenters. The largest absolute Gasteiger partial charge is 0.451 e. The summed E-state index contributed by atoms with van der Waals surface area (Å²) in [6.45, 7) is 2.88. The minimum Gasteiger partial charge on any atom is -0.451 e. The third kappa shape index (κ3) is 3.11. The Morgan fingerprint density at radius 3 is 2.73 bits per heavy atom. The summed E-state index contributed by atoms with van der Waals surface area (Å²) < 4.78 is 6.81. The van der Waals surface area contributed by atoms with E-state index in [9.17, 15) is 9.59 Å². The summed E-state index contributed by atoms with van der Waals surface area (Å²) in [5.74, 6) is 0.0700. The first-order valence-electron chi connectivity index (χ1n) is 9.12. The number of hydrogen-bond donors (Lipinski definition) is 0. The van der Waals surface area contributed by atoms with Crippen molar-refractivity contribution in [1.29, 1.82) is 0 Å². The standard InChI is InChI=1S/C18H23N5O3/c1-21-16-6-9-23(18(25)15-11-26-12-19-15)10-13(16)14(20-21)4-5-17(24)22-7-2-3-8-22/h11-12H,2-10H2,1H3. The van der Waals surface area contributed by atoms with Crippen molar-refractivity contribution in [2.75, 3.05) is 19.6 Å². The molecule has 26 heavy (non-hydrogen) atoms. The van der Waals surface area contributed by atoms with Crippen LogP contribution in [0.2, 0.25) is 0 Å². The molecular formula is C18H23N5O3. The van der Waals surface area contributed by atoms with E-state index in [-0.39, 0.29) is 11.8 Å². The summed E-state index contributed by atoms with van der Waals surface area (Å²) in [7, 11) is 1.93. The predicted octanol–water partition coefficient (Wildman–Crippen LogP) is 1.16. The lowest BCUT2D eigenvalue weighted by atomic mass is 10.0. The second-order valence-electron chi connectivity index (χ2n) is 6.93. The Balaban J connectivity index is 1.47. The average Bonchev–Trinajstić information content (AvgIpc) is 3.40. The Labute approximate surface area is 151 Å². The number of aromatic nitrogens is 3. The molecule has 4 rings (SSSR count). The minimum absolute atomic E-state index is 0.132. The van der Waals surface area contributed by atoms with Crippen molar-refractivity contribution >= 4 is 11.8 Å². The van der Waals surface area contributed by atoms with E-state index in [1.165, 1.54) is 12.7 Å². The van der Waals surface area contributed by atoms with Gasteiger partial charge in [-0.3, -0.25) is 14.3 Å². The lowest BCUT2D eigenvalue weighted by molar-refractivity contribution is -0.130. The van der Waals surface area contributed by atoms with Gasteiger partial charge in [-0.25, -0.2) is 4.98 Å². The molecule has 2 aromatic rings. The summed E-state index contributed by atoms with van der Waals surface area (Å²) in [5, 5.41) is 4.62. The highest BCUT2D eigenvalue weighted by Gasteiger charge is 2.28. The summed E-state index contributed by atoms with van der Waals surface area (Å²) in [5.41, 5.74) is 3.47. The molecule has 2 aliphatic rings. The third-order valence-corrected chi connectivity index (χ3v) is 5.30. The van der Waals surface area contributed by atoms with Gasteiger partial charge in [0.05, 0.1) is 5.69 Å². The van der Waals surface area contributed by atoms with Crippen molar-refractivity contribution in [3.63, 3.8) is 0 Å². The van der Waals surface area contributed by atoms with E-state index in [0.717, 1.165) is 49.3 Å². The monoisotopic (exact) mass is 357 g/mol. The topological polar surface area (TPSA) is 84.5 Å². The Bertz CT molecular complexity index is 805. The van der Waals surface area contributed by atoms with Crippen LogP contribution in [0, 0.1) is 0 Å². The van der Waals surface area contributed by atoms with Crippen LogP contribution in [-0.4, -0.2) is 56.0 Å². The zero-order valence-corrected chi connectivity index (χ0v) is 15.0. The SMILES string of the molecule is Cn1nc(CCC(=O)N2CCCC2)c2c1CCN(C(=O)c1cocn1)C2. The van der Waals surface area contributed by atoms with E-state index >= 15 is 0 Å². The lowest BCUT2D eigenvalue weighted by Crippen LogP contribution is -2.36. The number of hydrogen-bond acceptors (Lipinski definition) is 5. The van der Waals surface area contributed by atoms with Gasteiger partial charge in [0.15, 0.2) is 12.1 Å². The van der Waals surface area contributed by atoms with Gasteiger partial charge in [0.2, 0.25) is 5.91 Å². The molecule has 8 nitrogen and oxygen atoms in total. The molecular weight excluding hydrogens is 334 g/mol. The van der Waals surface area contributed by atoms with Crippen LogP contribution < -0.4 is 0 Å². The van der Waals surface area contributed by atoms with Crippen molar-refractivity contribution in [3.8, 4) is 0 Å². The van der Waals surface area contributed by atoms with Crippen LogP contribution in [-0.2, 0) is 31.2 Å². The van der Waals surface area contributed by atoms with Crippen molar-refractivity contribution in [1.82, 2.24) is 24.6 Å². The number of oxazole rings is 1. The van der Waals surface area contributed by atoms with Crippen LogP contribution in [0.5, 0.6) is 0 Å². The molecule has 1 saturated heterocycles. The predicted molar refractivity (Wildman–Crippen MR) is 92.3 cm³/mol. The fourth-order valence-electron chi connectivity index (χ4n) is 3.87. The van der Waals surface area contributed by atoms with Gasteiger partial charge < -0.3 is 14.2 Å². The van der Waals surface area contributed by atoms with Crippen LogP contribution in [0.3, 0.4) is 0 Å². The highest BCUT2D eigenvalue weighted by molar-refractivity contribution is 5.92. The van der Waals surface area contributed by atoms with Crippen molar-refractivity contribution in [3.05, 3.63) is 35.3 Å². The maximum atomic E-state index is 12.5. The summed E-state index contributed by atoms with van der Waals surface area (Å²) in [6, 6.07) is 0. The number of likely N-dealkylation sites (tertiary alicyclic amines) is 1. The Kier molecular flexibility index (Phi) is 4.48. The second kappa shape index (κ2) is 6.93. The van der Waals surface area contributed by atoms with Gasteiger partial charge >= 0.3 is 0 Å². The van der Waals surface area contributed by atoms with Crippen LogP contribution >= 0.6 is 0 Å². The minimum atomic E-state index is -0.132. The summed E-state index contributed by atoms with van der Waals surface area (Å²) in [6.07, 6.45) is 6.68. The number of nitrogens with zero attached hydrogens (tertiary/aromatic N) is 5. The molecule has 0 atom stereocenters. The van der Waals surface area contributed by atoms with E-state index in [1.807, 2.05) is 16.6 Å². The zero-order chi connectivity index (χ0) is 18.1. The fraction of sp³-hybridized carbons (Fsp3) is 0.556. The Morgan fingerprint density at radius 2 is 2.00 bits per heavy atom. The van der Waals surface area contributed by atoms with Gasteiger partial charge in [0, 0.05) is 63.7 Å². The van der Waals surface area contributed by atoms with Crippen molar-refractivity contribution < 1.29 is 14.0 Å². The molecule has 1 fully saturated rings. The maximum absolute atomic E-state index is 12.5. The highest BCUT2D eigenvalue weighted by Crippen LogP contribution is 2.24. The molecule has 0 N–H and O–H groups in total. The summed E-state index contributed by atoms with van der Waals surface area (Å²) in [4.78, 5) is 32.5. The number of fused-ring (bicyclic) bond motifs is 1. The first-order valence-corrected chi connectivity index (χ1v) is 9.12. The second-order valence-corrected chi connectivity index (χ2v) is 6.93. The van der Waals surface area contributed by atoms with Gasteiger partial charge in [0.1, 0.15) is 6.26 Å². The van der Waals surface area contributed by atoms with Gasteiger partial charge in [-0.2, -0.15) is 5.10 Å². The first kappa shape index (κ1) is 16.8. The molecule has 2 amide bonds. The van der Waals surface area contributed by atoms with Gasteiger partial charge in [0.25, 0.3) is 5.91 Å². The van der Waals surface area contributed by atoms with E-state index in [0.29, 0.717) is 31.6 Å². The van der Waals surface area contributed by atoms with Crippen LogP contribution in [0.15, 0.2) is 17.1 Å². The molecule has 2 aromatic heterocycles. The average molecular weight is 357 g/mol. The summed E-state index contributed by atoms with van der Waals surface area (Å²) >= 11 is 0. The van der Waals surface area contributed by atoms with Crippen LogP contribution in [0.1, 0.15) is 46.7 Å². The molecule has 0 saturated carbocycles. The molecule has 0 radical (unpaired) electrons. The van der Waals surface area contributed by atoms with Gasteiger partial charge in [-0.15, -0.1) is 0 Å². The number of carbonyl (C=O) groups excluding carboxylic acids is 2. The number of carbonyl (C=O) groups is 2. The van der Waals surface area contributed by atoms with E-state index in [4.69, 9.17) is 4.42 Å². The molecule has 0 aromatic carbocycles. The van der Waals surface area contributed by atoms with E-state index < -0.39 is 0 Å². The molecule has 138 valence electrons. The van der Waals surface area contributed by atoms with Gasteiger partial charge in [-0.05, 0) is 12.8 Å². The lowest BCUT2D eigenvalue weighted by Gasteiger charge is -2.27. The maximum Gasteiger partial charge on any atom is 0.276 e. The van der Waals surface area contributed by atoms with Crippen LogP contribution in [0.4, 0.5) is 0 Å². The first-order chi connectivity index (χ1) is 12.6. The molecule has 0 bridgehead atoms. The smallest absolute Gasteiger partial charge is 0.276 e. The fourth-order valence-corrected chi connectivity index (χ4v) is 3.87. The number of amides is 2.